The Labute approximate surface area is 120 Å². The predicted molar refractivity (Wildman–Crippen MR) is 71.7 cm³/mol. The molecule has 1 aliphatic rings. The number of carbonyl (C=O) groups excluding carboxylic acids is 1. The van der Waals surface area contributed by atoms with Crippen LogP contribution in [0.4, 0.5) is 0 Å². The van der Waals surface area contributed by atoms with Gasteiger partial charge in [0.15, 0.2) is 0 Å². The molecule has 0 radical (unpaired) electrons. The van der Waals surface area contributed by atoms with Crippen LogP contribution in [0.3, 0.4) is 0 Å². The lowest BCUT2D eigenvalue weighted by molar-refractivity contribution is -0.142. The Morgan fingerprint density at radius 1 is 1.57 bits per heavy atom. The summed E-state index contributed by atoms with van der Waals surface area (Å²) in [6.07, 6.45) is 3.76. The first-order valence-electron chi connectivity index (χ1n) is 6.73. The van der Waals surface area contributed by atoms with E-state index in [1.165, 1.54) is 17.5 Å². The van der Waals surface area contributed by atoms with Gasteiger partial charge in [0.1, 0.15) is 11.8 Å². The van der Waals surface area contributed by atoms with Crippen molar-refractivity contribution < 1.29 is 19.1 Å². The molecule has 1 unspecified atom stereocenters. The van der Waals surface area contributed by atoms with Crippen molar-refractivity contribution in [3.63, 3.8) is 0 Å². The van der Waals surface area contributed by atoms with Crippen molar-refractivity contribution in [1.29, 1.82) is 0 Å². The molecule has 0 saturated carbocycles. The van der Waals surface area contributed by atoms with Gasteiger partial charge in [0.2, 0.25) is 0 Å². The zero-order valence-corrected chi connectivity index (χ0v) is 11.5. The van der Waals surface area contributed by atoms with Crippen LogP contribution in [0.25, 0.3) is 0 Å². The molecule has 3 rings (SSSR count). The summed E-state index contributed by atoms with van der Waals surface area (Å²) < 4.78 is 5.26. The van der Waals surface area contributed by atoms with E-state index < -0.39 is 12.0 Å². The largest absolute Gasteiger partial charge is 0.480 e. The standard InChI is InChI=1S/C14H15N3O4/c1-2-12-8(3-4-21-12)13(18)17-6-10-9(15-7-16-10)5-11(17)14(19)20/h3-4,7,11H,2,5-6H2,1H3,(H,15,16)(H,19,20). The number of hydrogen-bond donors (Lipinski definition) is 2. The summed E-state index contributed by atoms with van der Waals surface area (Å²) in [6, 6.07) is 0.677. The van der Waals surface area contributed by atoms with E-state index in [1.54, 1.807) is 6.07 Å². The number of H-pyrrole nitrogens is 1. The maximum absolute atomic E-state index is 12.7. The second-order valence-electron chi connectivity index (χ2n) is 4.93. The third-order valence-corrected chi connectivity index (χ3v) is 3.74. The number of nitrogens with one attached hydrogen (secondary N) is 1. The minimum Gasteiger partial charge on any atom is -0.480 e. The first kappa shape index (κ1) is 13.4. The number of fused-ring (bicyclic) bond motifs is 1. The highest BCUT2D eigenvalue weighted by Gasteiger charge is 2.37. The second kappa shape index (κ2) is 5.08. The van der Waals surface area contributed by atoms with E-state index in [2.05, 4.69) is 9.97 Å². The van der Waals surface area contributed by atoms with Gasteiger partial charge in [-0.2, -0.15) is 0 Å². The van der Waals surface area contributed by atoms with Gasteiger partial charge in [0.25, 0.3) is 5.91 Å². The van der Waals surface area contributed by atoms with E-state index in [-0.39, 0.29) is 18.9 Å². The fourth-order valence-electron chi connectivity index (χ4n) is 2.63. The number of carbonyl (C=O) groups is 2. The van der Waals surface area contributed by atoms with Crippen molar-refractivity contribution in [3.8, 4) is 0 Å². The summed E-state index contributed by atoms with van der Waals surface area (Å²) in [5, 5.41) is 9.39. The number of furan rings is 1. The summed E-state index contributed by atoms with van der Waals surface area (Å²) in [5.74, 6) is -0.786. The number of carboxylic acid groups (broad SMARTS) is 1. The number of carboxylic acids is 1. The molecule has 1 atom stereocenters. The predicted octanol–water partition coefficient (Wildman–Crippen LogP) is 1.22. The Hall–Kier alpha value is -2.57. The topological polar surface area (TPSA) is 99.4 Å². The zero-order chi connectivity index (χ0) is 15.0. The minimum atomic E-state index is -1.03. The van der Waals surface area contributed by atoms with Crippen molar-refractivity contribution in [2.24, 2.45) is 0 Å². The third kappa shape index (κ3) is 2.20. The van der Waals surface area contributed by atoms with Crippen LogP contribution in [-0.4, -0.2) is 37.9 Å². The van der Waals surface area contributed by atoms with E-state index in [4.69, 9.17) is 4.42 Å². The number of amides is 1. The molecular formula is C14H15N3O4. The number of aliphatic carboxylic acids is 1. The minimum absolute atomic E-state index is 0.208. The first-order valence-corrected chi connectivity index (χ1v) is 6.73. The Bertz CT molecular complexity index is 688. The van der Waals surface area contributed by atoms with E-state index in [0.29, 0.717) is 23.4 Å². The molecule has 2 N–H and O–H groups in total. The van der Waals surface area contributed by atoms with Crippen molar-refractivity contribution in [3.05, 3.63) is 41.4 Å². The van der Waals surface area contributed by atoms with E-state index in [9.17, 15) is 14.7 Å². The average molecular weight is 289 g/mol. The Morgan fingerprint density at radius 3 is 3.10 bits per heavy atom. The molecule has 110 valence electrons. The van der Waals surface area contributed by atoms with Crippen LogP contribution in [0.15, 0.2) is 23.1 Å². The molecule has 0 aromatic carbocycles. The van der Waals surface area contributed by atoms with Gasteiger partial charge in [-0.25, -0.2) is 9.78 Å². The summed E-state index contributed by atoms with van der Waals surface area (Å²) in [4.78, 5) is 32.5. The molecule has 7 nitrogen and oxygen atoms in total. The molecule has 2 aromatic heterocycles. The molecule has 21 heavy (non-hydrogen) atoms. The number of aromatic amines is 1. The second-order valence-corrected chi connectivity index (χ2v) is 4.93. The number of nitrogens with zero attached hydrogens (tertiary/aromatic N) is 2. The number of aromatic nitrogens is 2. The van der Waals surface area contributed by atoms with E-state index >= 15 is 0 Å². The third-order valence-electron chi connectivity index (χ3n) is 3.74. The van der Waals surface area contributed by atoms with Gasteiger partial charge in [-0.3, -0.25) is 4.79 Å². The molecule has 1 aliphatic heterocycles. The van der Waals surface area contributed by atoms with Crippen molar-refractivity contribution in [2.45, 2.75) is 32.4 Å². The molecular weight excluding hydrogens is 274 g/mol. The Morgan fingerprint density at radius 2 is 2.38 bits per heavy atom. The molecule has 0 fully saturated rings. The van der Waals surface area contributed by atoms with Crippen LogP contribution in [0.2, 0.25) is 0 Å². The number of aryl methyl sites for hydroxylation is 1. The lowest BCUT2D eigenvalue weighted by Crippen LogP contribution is -2.48. The van der Waals surface area contributed by atoms with Gasteiger partial charge in [0, 0.05) is 12.8 Å². The van der Waals surface area contributed by atoms with Crippen LogP contribution < -0.4 is 0 Å². The average Bonchev–Trinajstić information content (AvgIpc) is 3.12. The molecule has 0 spiro atoms. The number of hydrogen-bond acceptors (Lipinski definition) is 4. The van der Waals surface area contributed by atoms with Gasteiger partial charge in [-0.05, 0) is 6.07 Å². The highest BCUT2D eigenvalue weighted by molar-refractivity contribution is 5.97. The fraction of sp³-hybridized carbons (Fsp3) is 0.357. The van der Waals surface area contributed by atoms with Gasteiger partial charge in [-0.15, -0.1) is 0 Å². The number of rotatable bonds is 3. The normalized spacial score (nSPS) is 17.6. The van der Waals surface area contributed by atoms with Gasteiger partial charge in [0.05, 0.1) is 36.1 Å². The van der Waals surface area contributed by atoms with Gasteiger partial charge in [-0.1, -0.05) is 6.92 Å². The smallest absolute Gasteiger partial charge is 0.326 e. The molecule has 0 saturated heterocycles. The lowest BCUT2D eigenvalue weighted by Gasteiger charge is -2.32. The molecule has 1 amide bonds. The maximum atomic E-state index is 12.7. The van der Waals surface area contributed by atoms with Crippen LogP contribution >= 0.6 is 0 Å². The van der Waals surface area contributed by atoms with Crippen molar-refractivity contribution in [2.75, 3.05) is 0 Å². The van der Waals surface area contributed by atoms with E-state index in [0.717, 1.165) is 5.69 Å². The highest BCUT2D eigenvalue weighted by Crippen LogP contribution is 2.24. The van der Waals surface area contributed by atoms with Crippen LogP contribution in [0.5, 0.6) is 0 Å². The Balaban J connectivity index is 1.96. The number of imidazole rings is 1. The molecule has 2 aromatic rings. The molecule has 3 heterocycles. The van der Waals surface area contributed by atoms with Crippen LogP contribution in [0.1, 0.15) is 34.4 Å². The molecule has 7 heteroatoms. The van der Waals surface area contributed by atoms with Crippen molar-refractivity contribution in [1.82, 2.24) is 14.9 Å². The highest BCUT2D eigenvalue weighted by atomic mass is 16.4. The quantitative estimate of drug-likeness (QED) is 0.885. The summed E-state index contributed by atoms with van der Waals surface area (Å²) in [6.45, 7) is 2.09. The summed E-state index contributed by atoms with van der Waals surface area (Å²) in [5.41, 5.74) is 1.91. The lowest BCUT2D eigenvalue weighted by atomic mass is 10.0. The van der Waals surface area contributed by atoms with Gasteiger partial charge >= 0.3 is 5.97 Å². The summed E-state index contributed by atoms with van der Waals surface area (Å²) in [7, 11) is 0. The molecule has 0 aliphatic carbocycles. The van der Waals surface area contributed by atoms with Crippen molar-refractivity contribution >= 4 is 11.9 Å². The molecule has 0 bridgehead atoms. The zero-order valence-electron chi connectivity index (χ0n) is 11.5. The SMILES string of the molecule is CCc1occc1C(=O)N1Cc2[nH]cnc2CC1C(=O)O. The van der Waals surface area contributed by atoms with Gasteiger partial charge < -0.3 is 19.4 Å². The summed E-state index contributed by atoms with van der Waals surface area (Å²) >= 11 is 0. The maximum Gasteiger partial charge on any atom is 0.326 e. The monoisotopic (exact) mass is 289 g/mol. The van der Waals surface area contributed by atoms with Crippen LogP contribution in [0, 0.1) is 0 Å². The van der Waals surface area contributed by atoms with Crippen LogP contribution in [-0.2, 0) is 24.2 Å². The fourth-order valence-corrected chi connectivity index (χ4v) is 2.63. The first-order chi connectivity index (χ1) is 10.1. The van der Waals surface area contributed by atoms with E-state index in [1.807, 2.05) is 6.92 Å². The Kier molecular flexibility index (Phi) is 3.25.